The lowest BCUT2D eigenvalue weighted by atomic mass is 9.41. The van der Waals surface area contributed by atoms with Crippen molar-refractivity contribution in [3.63, 3.8) is 0 Å². The van der Waals surface area contributed by atoms with Crippen molar-refractivity contribution < 1.29 is 43.3 Å². The smallest absolute Gasteiger partial charge is 0.408 e. The SMILES string of the molecule is CCCC[C@@H](NC(=O)[C@H](Cc1ccc(O)cc1)NC(=O)OC(C)(C)C)C(=O)NCC(=O)NC(Cc1ccccc1)C(=O)C1C2(N)CC3CC(C2)CC1(C(=O)OC)C3. The van der Waals surface area contributed by atoms with Crippen LogP contribution in [-0.2, 0) is 46.3 Å². The molecule has 0 aliphatic heterocycles. The van der Waals surface area contributed by atoms with E-state index >= 15 is 0 Å². The maximum Gasteiger partial charge on any atom is 0.408 e. The first kappa shape index (κ1) is 43.1. The Bertz CT molecular complexity index is 1760. The predicted molar refractivity (Wildman–Crippen MR) is 211 cm³/mol. The number of phenols is 1. The second kappa shape index (κ2) is 18.1. The van der Waals surface area contributed by atoms with E-state index < -0.39 is 76.9 Å². The Kier molecular flexibility index (Phi) is 13.7. The number of unbranched alkanes of at least 4 members (excludes halogenated alkanes) is 1. The molecule has 4 unspecified atom stereocenters. The van der Waals surface area contributed by atoms with Gasteiger partial charge in [0.25, 0.3) is 0 Å². The molecule has 4 aliphatic carbocycles. The summed E-state index contributed by atoms with van der Waals surface area (Å²) in [6.45, 7) is 6.52. The number of rotatable bonds is 17. The van der Waals surface area contributed by atoms with Gasteiger partial charge in [0.2, 0.25) is 17.7 Å². The standard InChI is InChI=1S/C43H59N5O9/c1-6-7-13-31(47-38(53)33(48-40(55)57-41(2,3)4)20-27-14-16-30(49)17-15-27)37(52)45-25-34(50)46-32(19-26-11-9-8-10-12-26)35(51)36-42(39(54)56-5)21-28-18-29(22-42)24-43(36,44)23-28/h8-12,14-17,28-29,31-33,36,49H,6-7,13,18-25,44H2,1-5H3,(H,45,52)(H,46,50)(H,47,53)(H,48,55)/t28?,29?,31-,32?,33+,36?,42?,43?/m1/s1. The molecule has 2 aromatic rings. The van der Waals surface area contributed by atoms with Gasteiger partial charge in [-0.05, 0) is 101 Å². The predicted octanol–water partition coefficient (Wildman–Crippen LogP) is 3.61. The zero-order chi connectivity index (χ0) is 41.5. The van der Waals surface area contributed by atoms with Crippen LogP contribution in [0.4, 0.5) is 4.79 Å². The summed E-state index contributed by atoms with van der Waals surface area (Å²) in [5.74, 6) is -3.02. The van der Waals surface area contributed by atoms with Gasteiger partial charge in [-0.25, -0.2) is 4.79 Å². The Morgan fingerprint density at radius 3 is 2.04 bits per heavy atom. The van der Waals surface area contributed by atoms with Crippen LogP contribution >= 0.6 is 0 Å². The van der Waals surface area contributed by atoms with E-state index in [1.807, 2.05) is 37.3 Å². The Labute approximate surface area is 334 Å². The quantitative estimate of drug-likeness (QED) is 0.128. The van der Waals surface area contributed by atoms with Gasteiger partial charge < -0.3 is 41.6 Å². The van der Waals surface area contributed by atoms with Gasteiger partial charge in [-0.15, -0.1) is 0 Å². The van der Waals surface area contributed by atoms with E-state index in [-0.39, 0.29) is 42.6 Å². The third-order valence-electron chi connectivity index (χ3n) is 11.6. The minimum atomic E-state index is -1.14. The van der Waals surface area contributed by atoms with E-state index in [0.717, 1.165) is 18.4 Å². The van der Waals surface area contributed by atoms with Gasteiger partial charge in [0.05, 0.1) is 31.0 Å². The lowest BCUT2D eigenvalue weighted by Gasteiger charge is -2.63. The molecule has 4 fully saturated rings. The van der Waals surface area contributed by atoms with Crippen LogP contribution in [-0.4, -0.2) is 83.6 Å². The molecular weight excluding hydrogens is 730 g/mol. The van der Waals surface area contributed by atoms with Crippen LogP contribution < -0.4 is 27.0 Å². The number of hydrogen-bond donors (Lipinski definition) is 6. The molecule has 7 N–H and O–H groups in total. The highest BCUT2D eigenvalue weighted by atomic mass is 16.6. The van der Waals surface area contributed by atoms with Crippen molar-refractivity contribution in [1.29, 1.82) is 0 Å². The molecule has 2 aromatic carbocycles. The highest BCUT2D eigenvalue weighted by Gasteiger charge is 2.68. The van der Waals surface area contributed by atoms with Crippen molar-refractivity contribution in [2.24, 2.45) is 28.9 Å². The summed E-state index contributed by atoms with van der Waals surface area (Å²) < 4.78 is 10.7. The molecule has 0 aromatic heterocycles. The maximum absolute atomic E-state index is 14.8. The summed E-state index contributed by atoms with van der Waals surface area (Å²) >= 11 is 0. The van der Waals surface area contributed by atoms with E-state index in [9.17, 15) is 33.9 Å². The lowest BCUT2D eigenvalue weighted by Crippen LogP contribution is -2.72. The van der Waals surface area contributed by atoms with Crippen LogP contribution in [0, 0.1) is 23.2 Å². The normalized spacial score (nSPS) is 25.0. The number of carbonyl (C=O) groups excluding carboxylic acids is 6. The second-order valence-corrected chi connectivity index (χ2v) is 17.3. The van der Waals surface area contributed by atoms with Crippen LogP contribution in [0.1, 0.15) is 90.2 Å². The van der Waals surface area contributed by atoms with Crippen molar-refractivity contribution in [1.82, 2.24) is 21.3 Å². The van der Waals surface area contributed by atoms with Crippen LogP contribution in [0.15, 0.2) is 54.6 Å². The topological polar surface area (TPSA) is 215 Å². The Morgan fingerprint density at radius 1 is 0.825 bits per heavy atom. The van der Waals surface area contributed by atoms with Crippen LogP contribution in [0.2, 0.25) is 0 Å². The second-order valence-electron chi connectivity index (χ2n) is 17.3. The molecule has 4 aliphatic rings. The van der Waals surface area contributed by atoms with Crippen LogP contribution in [0.3, 0.4) is 0 Å². The number of Topliss-reactive ketones (excluding diaryl/α,β-unsaturated/α-hetero) is 1. The Hall–Kier alpha value is -4.98. The van der Waals surface area contributed by atoms with Gasteiger partial charge >= 0.3 is 12.1 Å². The average Bonchev–Trinajstić information content (AvgIpc) is 3.14. The molecule has 0 heterocycles. The molecule has 4 bridgehead atoms. The van der Waals surface area contributed by atoms with E-state index in [1.165, 1.54) is 19.2 Å². The number of carbonyl (C=O) groups is 6. The molecule has 0 radical (unpaired) electrons. The first-order chi connectivity index (χ1) is 26.9. The van der Waals surface area contributed by atoms with Crippen molar-refractivity contribution in [3.8, 4) is 5.75 Å². The van der Waals surface area contributed by atoms with E-state index in [1.54, 1.807) is 32.9 Å². The highest BCUT2D eigenvalue weighted by molar-refractivity contribution is 5.98. The monoisotopic (exact) mass is 789 g/mol. The Morgan fingerprint density at radius 2 is 1.44 bits per heavy atom. The van der Waals surface area contributed by atoms with E-state index in [4.69, 9.17) is 15.2 Å². The zero-order valence-corrected chi connectivity index (χ0v) is 33.7. The van der Waals surface area contributed by atoms with Gasteiger partial charge in [0.1, 0.15) is 23.4 Å². The van der Waals surface area contributed by atoms with Crippen LogP contribution in [0.25, 0.3) is 0 Å². The fraction of sp³-hybridized carbons (Fsp3) is 0.581. The summed E-state index contributed by atoms with van der Waals surface area (Å²) in [5, 5.41) is 20.6. The molecule has 0 saturated heterocycles. The molecule has 6 atom stereocenters. The van der Waals surface area contributed by atoms with Gasteiger partial charge in [-0.2, -0.15) is 0 Å². The molecule has 6 rings (SSSR count). The summed E-state index contributed by atoms with van der Waals surface area (Å²) in [6.07, 6.45) is 4.16. The number of benzene rings is 2. The number of nitrogens with two attached hydrogens (primary N) is 1. The number of alkyl carbamates (subject to hydrolysis) is 1. The molecule has 14 heteroatoms. The van der Waals surface area contributed by atoms with Crippen molar-refractivity contribution in [3.05, 3.63) is 65.7 Å². The number of methoxy groups -OCH3 is 1. The summed E-state index contributed by atoms with van der Waals surface area (Å²) in [4.78, 5) is 82.1. The number of esters is 1. The highest BCUT2D eigenvalue weighted by Crippen LogP contribution is 2.64. The molecule has 57 heavy (non-hydrogen) atoms. The summed E-state index contributed by atoms with van der Waals surface area (Å²) in [5.41, 5.74) is 5.70. The number of aromatic hydroxyl groups is 1. The minimum absolute atomic E-state index is 0.0381. The molecule has 0 spiro atoms. The van der Waals surface area contributed by atoms with E-state index in [0.29, 0.717) is 37.7 Å². The maximum atomic E-state index is 14.8. The first-order valence-corrected chi connectivity index (χ1v) is 20.0. The average molecular weight is 790 g/mol. The number of hydrogen-bond acceptors (Lipinski definition) is 10. The minimum Gasteiger partial charge on any atom is -0.508 e. The number of ketones is 1. The summed E-state index contributed by atoms with van der Waals surface area (Å²) in [7, 11) is 1.33. The molecule has 14 nitrogen and oxygen atoms in total. The molecule has 310 valence electrons. The van der Waals surface area contributed by atoms with Crippen LogP contribution in [0.5, 0.6) is 5.75 Å². The largest absolute Gasteiger partial charge is 0.508 e. The number of ether oxygens (including phenoxy) is 2. The molecule has 4 saturated carbocycles. The van der Waals surface area contributed by atoms with E-state index in [2.05, 4.69) is 21.3 Å². The van der Waals surface area contributed by atoms with Crippen molar-refractivity contribution >= 4 is 35.6 Å². The van der Waals surface area contributed by atoms with Crippen molar-refractivity contribution in [2.75, 3.05) is 13.7 Å². The fourth-order valence-corrected chi connectivity index (χ4v) is 9.57. The summed E-state index contributed by atoms with van der Waals surface area (Å²) in [6, 6.07) is 12.2. The first-order valence-electron chi connectivity index (χ1n) is 20.0. The Balaban J connectivity index is 1.30. The molecular formula is C43H59N5O9. The lowest BCUT2D eigenvalue weighted by molar-refractivity contribution is -0.188. The third-order valence-corrected chi connectivity index (χ3v) is 11.6. The van der Waals surface area contributed by atoms with Crippen molar-refractivity contribution in [2.45, 2.75) is 121 Å². The molecule has 4 amide bonds. The van der Waals surface area contributed by atoms with Gasteiger partial charge in [-0.1, -0.05) is 62.2 Å². The number of amides is 4. The fourth-order valence-electron chi connectivity index (χ4n) is 9.57. The number of phenolic OH excluding ortho intramolecular Hbond substituents is 1. The van der Waals surface area contributed by atoms with Gasteiger partial charge in [0, 0.05) is 12.0 Å². The van der Waals surface area contributed by atoms with Gasteiger partial charge in [0.15, 0.2) is 5.78 Å². The third kappa shape index (κ3) is 10.7. The van der Waals surface area contributed by atoms with Gasteiger partial charge in [-0.3, -0.25) is 24.0 Å². The number of nitrogens with one attached hydrogen (secondary N) is 4. The zero-order valence-electron chi connectivity index (χ0n) is 33.7.